The smallest absolute Gasteiger partial charge is 0.0541 e. The molecule has 0 saturated carbocycles. The third kappa shape index (κ3) is 5.44. The number of hydrogen-bond acceptors (Lipinski definition) is 0. The summed E-state index contributed by atoms with van der Waals surface area (Å²) < 4.78 is 4.73. The maximum atomic E-state index is 2.37. The Balaban J connectivity index is 0.879. The fourth-order valence-electron chi connectivity index (χ4n) is 7.94. The zero-order valence-corrected chi connectivity index (χ0v) is 29.4. The zero-order chi connectivity index (χ0) is 35.3. The minimum absolute atomic E-state index is 1.17. The van der Waals surface area contributed by atoms with Crippen LogP contribution in [-0.2, 0) is 0 Å². The summed E-state index contributed by atoms with van der Waals surface area (Å²) in [5.41, 5.74) is 15.7. The monoisotopic (exact) mass is 676 g/mol. The van der Waals surface area contributed by atoms with Crippen molar-refractivity contribution in [1.82, 2.24) is 9.13 Å². The third-order valence-corrected chi connectivity index (χ3v) is 10.6. The summed E-state index contributed by atoms with van der Waals surface area (Å²) in [6, 6.07) is 68.2. The van der Waals surface area contributed by atoms with Gasteiger partial charge >= 0.3 is 0 Å². The Hall–Kier alpha value is -6.90. The molecule has 2 aromatic heterocycles. The number of para-hydroxylation sites is 3. The van der Waals surface area contributed by atoms with E-state index in [1.165, 1.54) is 93.9 Å². The van der Waals surface area contributed by atoms with E-state index in [1.54, 1.807) is 0 Å². The van der Waals surface area contributed by atoms with Crippen LogP contribution >= 0.6 is 0 Å². The molecule has 0 spiro atoms. The summed E-state index contributed by atoms with van der Waals surface area (Å²) >= 11 is 0. The maximum absolute atomic E-state index is 2.37. The molecule has 0 radical (unpaired) electrons. The fourth-order valence-corrected chi connectivity index (χ4v) is 7.94. The molecule has 0 saturated heterocycles. The Morgan fingerprint density at radius 3 is 1.32 bits per heavy atom. The van der Waals surface area contributed by atoms with Crippen molar-refractivity contribution >= 4 is 55.8 Å². The molecule has 8 aromatic carbocycles. The second kappa shape index (κ2) is 12.7. The van der Waals surface area contributed by atoms with Gasteiger partial charge in [-0.1, -0.05) is 145 Å². The van der Waals surface area contributed by atoms with Crippen molar-refractivity contribution in [1.29, 1.82) is 0 Å². The molecule has 0 bridgehead atoms. The van der Waals surface area contributed by atoms with E-state index in [-0.39, 0.29) is 0 Å². The Labute approximate surface area is 309 Å². The first kappa shape index (κ1) is 30.9. The van der Waals surface area contributed by atoms with Gasteiger partial charge in [0.15, 0.2) is 0 Å². The van der Waals surface area contributed by atoms with Crippen molar-refractivity contribution in [2.24, 2.45) is 0 Å². The zero-order valence-electron chi connectivity index (χ0n) is 29.4. The lowest BCUT2D eigenvalue weighted by atomic mass is 10.0. The molecule has 0 N–H and O–H groups in total. The van der Waals surface area contributed by atoms with Crippen molar-refractivity contribution in [3.05, 3.63) is 205 Å². The predicted molar refractivity (Wildman–Crippen MR) is 226 cm³/mol. The van der Waals surface area contributed by atoms with Crippen LogP contribution in [0, 0.1) is 6.92 Å². The third-order valence-electron chi connectivity index (χ3n) is 10.6. The lowest BCUT2D eigenvalue weighted by Crippen LogP contribution is -1.93. The maximum Gasteiger partial charge on any atom is 0.0541 e. The second-order valence-corrected chi connectivity index (χ2v) is 13.9. The van der Waals surface area contributed by atoms with E-state index in [0.717, 1.165) is 0 Å². The fraction of sp³-hybridized carbons (Fsp3) is 0.0196. The average molecular weight is 677 g/mol. The van der Waals surface area contributed by atoms with Crippen molar-refractivity contribution < 1.29 is 0 Å². The molecular weight excluding hydrogens is 641 g/mol. The topological polar surface area (TPSA) is 9.86 Å². The normalized spacial score (nSPS) is 11.8. The Kier molecular flexibility index (Phi) is 7.40. The van der Waals surface area contributed by atoms with Gasteiger partial charge in [0.05, 0.1) is 22.1 Å². The van der Waals surface area contributed by atoms with E-state index in [2.05, 4.69) is 216 Å². The van der Waals surface area contributed by atoms with Gasteiger partial charge < -0.3 is 9.13 Å². The van der Waals surface area contributed by atoms with E-state index < -0.39 is 0 Å². The molecule has 2 heteroatoms. The number of benzene rings is 8. The second-order valence-electron chi connectivity index (χ2n) is 13.9. The minimum atomic E-state index is 1.17. The minimum Gasteiger partial charge on any atom is -0.309 e. The molecule has 0 unspecified atom stereocenters. The predicted octanol–water partition coefficient (Wildman–Crippen LogP) is 13.7. The van der Waals surface area contributed by atoms with Crippen molar-refractivity contribution in [2.75, 3.05) is 0 Å². The first-order chi connectivity index (χ1) is 26.2. The highest BCUT2D eigenvalue weighted by atomic mass is 15.0. The van der Waals surface area contributed by atoms with Gasteiger partial charge in [-0.3, -0.25) is 0 Å². The SMILES string of the molecule is Cc1ccc2c(c1)c1cc(-c3ccc(C=Cc4ccc(-c5ccc(-n6c7ccccc7c7ccccc76)cc5)cc4)cc3)ccc1n2-c1ccccc1. The largest absolute Gasteiger partial charge is 0.309 e. The molecule has 10 aromatic rings. The summed E-state index contributed by atoms with van der Waals surface area (Å²) in [5.74, 6) is 0. The summed E-state index contributed by atoms with van der Waals surface area (Å²) in [6.07, 6.45) is 4.38. The molecule has 53 heavy (non-hydrogen) atoms. The first-order valence-corrected chi connectivity index (χ1v) is 18.3. The van der Waals surface area contributed by atoms with Crippen molar-refractivity contribution in [3.63, 3.8) is 0 Å². The average Bonchev–Trinajstić information content (AvgIpc) is 3.73. The van der Waals surface area contributed by atoms with Gasteiger partial charge in [-0.15, -0.1) is 0 Å². The number of hydrogen-bond donors (Lipinski definition) is 0. The van der Waals surface area contributed by atoms with Crippen LogP contribution in [0.1, 0.15) is 16.7 Å². The first-order valence-electron chi connectivity index (χ1n) is 18.3. The number of aryl methyl sites for hydroxylation is 1. The van der Waals surface area contributed by atoms with E-state index >= 15 is 0 Å². The standard InChI is InChI=1S/C51H36N2/c1-35-15-31-50-46(33-35)47-34-41(28-32-51(47)52(50)42-9-3-2-4-10-42)40-24-20-37(21-25-40)17-16-36-18-22-38(23-19-36)39-26-29-43(30-27-39)53-48-13-7-5-11-44(48)45-12-6-8-14-49(45)53/h2-34H,1H3. The molecule has 0 atom stereocenters. The van der Waals surface area contributed by atoms with Gasteiger partial charge in [0.1, 0.15) is 0 Å². The lowest BCUT2D eigenvalue weighted by molar-refractivity contribution is 1.18. The van der Waals surface area contributed by atoms with Crippen LogP contribution in [0.15, 0.2) is 188 Å². The van der Waals surface area contributed by atoms with E-state index in [0.29, 0.717) is 0 Å². The summed E-state index contributed by atoms with van der Waals surface area (Å²) in [5, 5.41) is 5.12. The quantitative estimate of drug-likeness (QED) is 0.155. The van der Waals surface area contributed by atoms with Crippen molar-refractivity contribution in [2.45, 2.75) is 6.92 Å². The van der Waals surface area contributed by atoms with Gasteiger partial charge in [-0.25, -0.2) is 0 Å². The Morgan fingerprint density at radius 1 is 0.321 bits per heavy atom. The number of aromatic nitrogens is 2. The van der Waals surface area contributed by atoms with Gasteiger partial charge in [-0.05, 0) is 101 Å². The number of nitrogens with zero attached hydrogens (tertiary/aromatic N) is 2. The number of fused-ring (bicyclic) bond motifs is 6. The summed E-state index contributed by atoms with van der Waals surface area (Å²) in [7, 11) is 0. The van der Waals surface area contributed by atoms with Gasteiger partial charge in [0, 0.05) is 32.9 Å². The van der Waals surface area contributed by atoms with Crippen LogP contribution in [0.4, 0.5) is 0 Å². The van der Waals surface area contributed by atoms with Crippen LogP contribution in [-0.4, -0.2) is 9.13 Å². The molecule has 0 aliphatic rings. The van der Waals surface area contributed by atoms with Crippen LogP contribution in [0.2, 0.25) is 0 Å². The summed E-state index contributed by atoms with van der Waals surface area (Å²) in [6.45, 7) is 2.17. The Morgan fingerprint density at radius 2 is 0.736 bits per heavy atom. The molecule has 10 rings (SSSR count). The highest BCUT2D eigenvalue weighted by Crippen LogP contribution is 2.36. The molecule has 0 aliphatic carbocycles. The molecule has 2 nitrogen and oxygen atoms in total. The summed E-state index contributed by atoms with van der Waals surface area (Å²) in [4.78, 5) is 0. The van der Waals surface area contributed by atoms with E-state index in [4.69, 9.17) is 0 Å². The van der Waals surface area contributed by atoms with E-state index in [9.17, 15) is 0 Å². The molecule has 2 heterocycles. The van der Waals surface area contributed by atoms with Crippen LogP contribution in [0.25, 0.3) is 89.4 Å². The molecule has 0 aliphatic heterocycles. The molecular formula is C51H36N2. The van der Waals surface area contributed by atoms with Crippen molar-refractivity contribution in [3.8, 4) is 33.6 Å². The Bertz CT molecular complexity index is 2910. The highest BCUT2D eigenvalue weighted by Gasteiger charge is 2.14. The van der Waals surface area contributed by atoms with Crippen LogP contribution in [0.5, 0.6) is 0 Å². The van der Waals surface area contributed by atoms with Gasteiger partial charge in [0.25, 0.3) is 0 Å². The lowest BCUT2D eigenvalue weighted by Gasteiger charge is -2.09. The molecule has 0 amide bonds. The van der Waals surface area contributed by atoms with E-state index in [1.807, 2.05) is 0 Å². The number of rotatable bonds is 6. The van der Waals surface area contributed by atoms with Gasteiger partial charge in [0.2, 0.25) is 0 Å². The van der Waals surface area contributed by atoms with Crippen LogP contribution in [0.3, 0.4) is 0 Å². The van der Waals surface area contributed by atoms with Crippen LogP contribution < -0.4 is 0 Å². The van der Waals surface area contributed by atoms with Gasteiger partial charge in [-0.2, -0.15) is 0 Å². The molecule has 0 fully saturated rings. The molecule has 250 valence electrons. The highest BCUT2D eigenvalue weighted by molar-refractivity contribution is 6.11.